The first-order valence-corrected chi connectivity index (χ1v) is 7.93. The van der Waals surface area contributed by atoms with Crippen molar-refractivity contribution in [3.63, 3.8) is 0 Å². The predicted molar refractivity (Wildman–Crippen MR) is 69.7 cm³/mol. The Hall–Kier alpha value is -1.25. The lowest BCUT2D eigenvalue weighted by atomic mass is 10.2. The number of nitrogens with zero attached hydrogens (tertiary/aromatic N) is 3. The Morgan fingerprint density at radius 1 is 1.39 bits per heavy atom. The van der Waals surface area contributed by atoms with E-state index in [-0.39, 0.29) is 5.16 Å². The van der Waals surface area contributed by atoms with Gasteiger partial charge in [0.1, 0.15) is 0 Å². The molecule has 0 bridgehead atoms. The molecular formula is C10H14N4O2S2. The Bertz CT molecular complexity index is 657. The Balaban J connectivity index is 2.63. The zero-order chi connectivity index (χ0) is 13.3. The molecule has 0 saturated carbocycles. The molecule has 2 aromatic heterocycles. The molecule has 0 amide bonds. The van der Waals surface area contributed by atoms with Crippen LogP contribution in [0, 0.1) is 6.92 Å². The molecule has 98 valence electrons. The molecule has 2 rings (SSSR count). The molecule has 0 spiro atoms. The third kappa shape index (κ3) is 2.31. The average molecular weight is 286 g/mol. The third-order valence-corrected chi connectivity index (χ3v) is 4.19. The van der Waals surface area contributed by atoms with Gasteiger partial charge in [0.2, 0.25) is 0 Å². The van der Waals surface area contributed by atoms with Crippen LogP contribution in [0.15, 0.2) is 15.9 Å². The summed E-state index contributed by atoms with van der Waals surface area (Å²) >= 11 is 1.54. The van der Waals surface area contributed by atoms with E-state index in [1.165, 1.54) is 0 Å². The Morgan fingerprint density at radius 2 is 2.11 bits per heavy atom. The molecular weight excluding hydrogens is 272 g/mol. The highest BCUT2D eigenvalue weighted by atomic mass is 32.2. The van der Waals surface area contributed by atoms with Crippen LogP contribution in [0.4, 0.5) is 0 Å². The van der Waals surface area contributed by atoms with E-state index in [1.54, 1.807) is 15.9 Å². The molecule has 0 saturated heterocycles. The summed E-state index contributed by atoms with van der Waals surface area (Å²) in [6.45, 7) is 4.42. The van der Waals surface area contributed by atoms with E-state index in [2.05, 4.69) is 10.2 Å². The van der Waals surface area contributed by atoms with Gasteiger partial charge in [0, 0.05) is 17.5 Å². The molecule has 0 atom stereocenters. The highest BCUT2D eigenvalue weighted by Gasteiger charge is 2.22. The normalized spacial score (nSPS) is 11.9. The van der Waals surface area contributed by atoms with Gasteiger partial charge in [-0.15, -0.1) is 10.2 Å². The van der Waals surface area contributed by atoms with Crippen LogP contribution in [0.2, 0.25) is 0 Å². The summed E-state index contributed by atoms with van der Waals surface area (Å²) in [5.74, 6) is 0.555. The summed E-state index contributed by atoms with van der Waals surface area (Å²) in [7, 11) is -3.85. The second-order valence-electron chi connectivity index (χ2n) is 3.97. The molecule has 0 radical (unpaired) electrons. The van der Waals surface area contributed by atoms with Crippen LogP contribution in [-0.2, 0) is 16.6 Å². The molecule has 0 aliphatic carbocycles. The van der Waals surface area contributed by atoms with Gasteiger partial charge in [-0.05, 0) is 24.3 Å². The number of hydrogen-bond acceptors (Lipinski definition) is 5. The highest BCUT2D eigenvalue weighted by Crippen LogP contribution is 2.26. The van der Waals surface area contributed by atoms with Gasteiger partial charge in [0.25, 0.3) is 15.2 Å². The maximum atomic E-state index is 11.5. The van der Waals surface area contributed by atoms with Crippen molar-refractivity contribution < 1.29 is 8.42 Å². The first-order chi connectivity index (χ1) is 8.45. The molecule has 18 heavy (non-hydrogen) atoms. The first kappa shape index (κ1) is 13.2. The molecule has 0 fully saturated rings. The van der Waals surface area contributed by atoms with E-state index < -0.39 is 10.0 Å². The van der Waals surface area contributed by atoms with Crippen molar-refractivity contribution in [2.24, 2.45) is 5.14 Å². The van der Waals surface area contributed by atoms with Gasteiger partial charge in [-0.3, -0.25) is 4.57 Å². The van der Waals surface area contributed by atoms with E-state index >= 15 is 0 Å². The summed E-state index contributed by atoms with van der Waals surface area (Å²) < 4.78 is 24.5. The lowest BCUT2D eigenvalue weighted by Gasteiger charge is -2.07. The largest absolute Gasteiger partial charge is 0.297 e. The number of rotatable bonds is 4. The van der Waals surface area contributed by atoms with Crippen LogP contribution < -0.4 is 5.14 Å². The van der Waals surface area contributed by atoms with E-state index in [9.17, 15) is 8.42 Å². The van der Waals surface area contributed by atoms with Gasteiger partial charge in [0.05, 0.1) is 0 Å². The maximum absolute atomic E-state index is 11.5. The number of aryl methyl sites for hydroxylation is 1. The van der Waals surface area contributed by atoms with Crippen LogP contribution in [0.5, 0.6) is 0 Å². The fraction of sp³-hybridized carbons (Fsp3) is 0.400. The first-order valence-electron chi connectivity index (χ1n) is 5.44. The van der Waals surface area contributed by atoms with Crippen molar-refractivity contribution >= 4 is 21.4 Å². The molecule has 2 heterocycles. The molecule has 0 unspecified atom stereocenters. The third-order valence-electron chi connectivity index (χ3n) is 2.51. The zero-order valence-corrected chi connectivity index (χ0v) is 11.8. The standard InChI is InChI=1S/C10H14N4O2S2/c1-3-4-14-9(8-6-17-5-7(8)2)12-13-10(14)18(11,15)16/h5-6H,3-4H2,1-2H3,(H2,11,15,16). The summed E-state index contributed by atoms with van der Waals surface area (Å²) in [5, 5.41) is 16.6. The summed E-state index contributed by atoms with van der Waals surface area (Å²) in [5.41, 5.74) is 1.95. The van der Waals surface area contributed by atoms with Gasteiger partial charge < -0.3 is 0 Å². The minimum atomic E-state index is -3.85. The van der Waals surface area contributed by atoms with Crippen molar-refractivity contribution in [3.05, 3.63) is 16.3 Å². The topological polar surface area (TPSA) is 90.9 Å². The average Bonchev–Trinajstić information content (AvgIpc) is 2.84. The van der Waals surface area contributed by atoms with Crippen molar-refractivity contribution in [2.75, 3.05) is 0 Å². The molecule has 6 nitrogen and oxygen atoms in total. The lowest BCUT2D eigenvalue weighted by Crippen LogP contribution is -2.19. The minimum absolute atomic E-state index is 0.176. The van der Waals surface area contributed by atoms with Crippen molar-refractivity contribution in [2.45, 2.75) is 32.0 Å². The molecule has 2 N–H and O–H groups in total. The van der Waals surface area contributed by atoms with Gasteiger partial charge in [-0.1, -0.05) is 6.92 Å². The number of primary sulfonamides is 1. The smallest absolute Gasteiger partial charge is 0.273 e. The molecule has 8 heteroatoms. The van der Waals surface area contributed by atoms with E-state index in [0.717, 1.165) is 17.5 Å². The van der Waals surface area contributed by atoms with Crippen LogP contribution >= 0.6 is 11.3 Å². The van der Waals surface area contributed by atoms with Crippen molar-refractivity contribution in [1.82, 2.24) is 14.8 Å². The predicted octanol–water partition coefficient (Wildman–Crippen LogP) is 1.37. The Kier molecular flexibility index (Phi) is 3.51. The number of nitrogens with two attached hydrogens (primary N) is 1. The second-order valence-corrected chi connectivity index (χ2v) is 6.17. The van der Waals surface area contributed by atoms with Crippen LogP contribution in [-0.4, -0.2) is 23.2 Å². The fourth-order valence-corrected chi connectivity index (χ4v) is 3.18. The minimum Gasteiger partial charge on any atom is -0.297 e. The lowest BCUT2D eigenvalue weighted by molar-refractivity contribution is 0.559. The van der Waals surface area contributed by atoms with Gasteiger partial charge in [0.15, 0.2) is 5.82 Å². The molecule has 0 aliphatic rings. The second kappa shape index (κ2) is 4.79. The zero-order valence-electron chi connectivity index (χ0n) is 10.1. The van der Waals surface area contributed by atoms with Gasteiger partial charge >= 0.3 is 0 Å². The van der Waals surface area contributed by atoms with Crippen LogP contribution in [0.3, 0.4) is 0 Å². The summed E-state index contributed by atoms with van der Waals surface area (Å²) in [6.07, 6.45) is 0.775. The Morgan fingerprint density at radius 3 is 2.61 bits per heavy atom. The van der Waals surface area contributed by atoms with E-state index in [1.807, 2.05) is 24.6 Å². The number of aromatic nitrogens is 3. The number of hydrogen-bond donors (Lipinski definition) is 1. The van der Waals surface area contributed by atoms with Crippen LogP contribution in [0.25, 0.3) is 11.4 Å². The van der Waals surface area contributed by atoms with Crippen LogP contribution in [0.1, 0.15) is 18.9 Å². The summed E-state index contributed by atoms with van der Waals surface area (Å²) in [6, 6.07) is 0. The molecule has 0 aromatic carbocycles. The quantitative estimate of drug-likeness (QED) is 0.919. The van der Waals surface area contributed by atoms with Gasteiger partial charge in [-0.2, -0.15) is 11.3 Å². The SMILES string of the molecule is CCCn1c(-c2cscc2C)nnc1S(N)(=O)=O. The van der Waals surface area contributed by atoms with Gasteiger partial charge in [-0.25, -0.2) is 13.6 Å². The maximum Gasteiger partial charge on any atom is 0.273 e. The fourth-order valence-electron chi connectivity index (χ4n) is 1.71. The van der Waals surface area contributed by atoms with Crippen molar-refractivity contribution in [3.8, 4) is 11.4 Å². The Labute approximate surface area is 110 Å². The monoisotopic (exact) mass is 286 g/mol. The summed E-state index contributed by atoms with van der Waals surface area (Å²) in [4.78, 5) is 0. The highest BCUT2D eigenvalue weighted by molar-refractivity contribution is 7.89. The van der Waals surface area contributed by atoms with E-state index in [0.29, 0.717) is 12.4 Å². The number of thiophene rings is 1. The molecule has 0 aliphatic heterocycles. The molecule has 2 aromatic rings. The van der Waals surface area contributed by atoms with E-state index in [4.69, 9.17) is 5.14 Å². The number of sulfonamides is 1. The van der Waals surface area contributed by atoms with Crippen molar-refractivity contribution in [1.29, 1.82) is 0 Å².